The van der Waals surface area contributed by atoms with Crippen LogP contribution in [0.4, 0.5) is 17.1 Å². The van der Waals surface area contributed by atoms with Crippen LogP contribution in [0.25, 0.3) is 66.1 Å². The number of hydrogen-bond donors (Lipinski definition) is 0. The van der Waals surface area contributed by atoms with Crippen LogP contribution in [0.2, 0.25) is 0 Å². The van der Waals surface area contributed by atoms with Crippen molar-refractivity contribution in [2.45, 2.75) is 5.41 Å². The first kappa shape index (κ1) is 35.0. The Morgan fingerprint density at radius 2 is 0.902 bits per heavy atom. The third kappa shape index (κ3) is 5.50. The zero-order valence-electron chi connectivity index (χ0n) is 33.4. The first-order valence-corrected chi connectivity index (χ1v) is 21.0. The van der Waals surface area contributed by atoms with Gasteiger partial charge in [-0.3, -0.25) is 0 Å². The van der Waals surface area contributed by atoms with Crippen molar-refractivity contribution in [3.05, 3.63) is 259 Å². The second-order valence-corrected chi connectivity index (χ2v) is 16.0. The van der Waals surface area contributed by atoms with Gasteiger partial charge in [0, 0.05) is 33.2 Å². The number of nitrogens with zero attached hydrogens (tertiary/aromatic N) is 1. The molecule has 286 valence electrons. The fourth-order valence-corrected chi connectivity index (χ4v) is 10.0. The molecule has 11 aromatic rings. The second kappa shape index (κ2) is 14.1. The van der Waals surface area contributed by atoms with Gasteiger partial charge in [0.1, 0.15) is 11.2 Å². The molecule has 12 rings (SSSR count). The van der Waals surface area contributed by atoms with Gasteiger partial charge in [0.05, 0.1) is 5.41 Å². The summed E-state index contributed by atoms with van der Waals surface area (Å²) in [4.78, 5) is 2.41. The molecule has 1 aliphatic carbocycles. The van der Waals surface area contributed by atoms with Crippen molar-refractivity contribution in [3.63, 3.8) is 0 Å². The number of benzene rings is 10. The molecule has 1 aliphatic rings. The molecule has 10 aromatic carbocycles. The van der Waals surface area contributed by atoms with E-state index < -0.39 is 5.41 Å². The van der Waals surface area contributed by atoms with Crippen LogP contribution in [0.1, 0.15) is 22.3 Å². The van der Waals surface area contributed by atoms with Gasteiger partial charge in [0.25, 0.3) is 0 Å². The van der Waals surface area contributed by atoms with Crippen molar-refractivity contribution in [2.24, 2.45) is 0 Å². The normalized spacial score (nSPS) is 12.7. The molecule has 2 heteroatoms. The molecule has 0 aliphatic heterocycles. The van der Waals surface area contributed by atoms with Crippen molar-refractivity contribution < 1.29 is 4.42 Å². The van der Waals surface area contributed by atoms with Crippen LogP contribution >= 0.6 is 0 Å². The molecule has 0 radical (unpaired) electrons. The highest BCUT2D eigenvalue weighted by Crippen LogP contribution is 2.57. The molecule has 0 unspecified atom stereocenters. The van der Waals surface area contributed by atoms with Gasteiger partial charge in [-0.25, -0.2) is 0 Å². The van der Waals surface area contributed by atoms with E-state index in [1.54, 1.807) is 0 Å². The molecule has 1 heterocycles. The van der Waals surface area contributed by atoms with Crippen molar-refractivity contribution in [2.75, 3.05) is 4.90 Å². The average molecular weight is 778 g/mol. The quantitative estimate of drug-likeness (QED) is 0.160. The van der Waals surface area contributed by atoms with Crippen LogP contribution in [-0.2, 0) is 5.41 Å². The van der Waals surface area contributed by atoms with Crippen molar-refractivity contribution in [1.82, 2.24) is 0 Å². The van der Waals surface area contributed by atoms with E-state index in [-0.39, 0.29) is 0 Å². The summed E-state index contributed by atoms with van der Waals surface area (Å²) in [6.07, 6.45) is 0. The highest BCUT2D eigenvalue weighted by Gasteiger charge is 2.46. The lowest BCUT2D eigenvalue weighted by molar-refractivity contribution is 0.673. The smallest absolute Gasteiger partial charge is 0.143 e. The van der Waals surface area contributed by atoms with Crippen LogP contribution < -0.4 is 4.90 Å². The molecule has 61 heavy (non-hydrogen) atoms. The highest BCUT2D eigenvalue weighted by molar-refractivity contribution is 6.19. The van der Waals surface area contributed by atoms with E-state index in [0.29, 0.717) is 0 Å². The average Bonchev–Trinajstić information content (AvgIpc) is 3.87. The van der Waals surface area contributed by atoms with E-state index >= 15 is 0 Å². The maximum absolute atomic E-state index is 6.58. The Labute approximate surface area is 355 Å². The first-order valence-electron chi connectivity index (χ1n) is 21.0. The Hall–Kier alpha value is -7.94. The predicted octanol–water partition coefficient (Wildman–Crippen LogP) is 15.9. The molecule has 0 saturated carbocycles. The number of rotatable bonds is 7. The third-order valence-corrected chi connectivity index (χ3v) is 12.8. The summed E-state index contributed by atoms with van der Waals surface area (Å²) in [5.41, 5.74) is 16.9. The van der Waals surface area contributed by atoms with E-state index in [1.165, 1.54) is 49.9 Å². The lowest BCUT2D eigenvalue weighted by Crippen LogP contribution is -2.28. The molecule has 2 nitrogen and oxygen atoms in total. The van der Waals surface area contributed by atoms with Gasteiger partial charge in [-0.2, -0.15) is 0 Å². The maximum Gasteiger partial charge on any atom is 0.143 e. The maximum atomic E-state index is 6.58. The monoisotopic (exact) mass is 777 g/mol. The molecular formula is C59H39NO. The second-order valence-electron chi connectivity index (χ2n) is 16.0. The number of furan rings is 1. The summed E-state index contributed by atoms with van der Waals surface area (Å²) in [6.45, 7) is 0. The van der Waals surface area contributed by atoms with Gasteiger partial charge in [-0.05, 0) is 110 Å². The summed E-state index contributed by atoms with van der Waals surface area (Å²) < 4.78 is 6.58. The van der Waals surface area contributed by atoms with Crippen molar-refractivity contribution in [1.29, 1.82) is 0 Å². The molecule has 0 atom stereocenters. The Morgan fingerprint density at radius 3 is 1.62 bits per heavy atom. The van der Waals surface area contributed by atoms with Gasteiger partial charge < -0.3 is 9.32 Å². The lowest BCUT2D eigenvalue weighted by Gasteiger charge is -2.35. The van der Waals surface area contributed by atoms with Crippen LogP contribution in [0.5, 0.6) is 0 Å². The van der Waals surface area contributed by atoms with Crippen molar-refractivity contribution >= 4 is 49.8 Å². The molecular weight excluding hydrogens is 739 g/mol. The third-order valence-electron chi connectivity index (χ3n) is 12.8. The highest BCUT2D eigenvalue weighted by atomic mass is 16.3. The zero-order valence-corrected chi connectivity index (χ0v) is 33.4. The number of hydrogen-bond acceptors (Lipinski definition) is 2. The Kier molecular flexibility index (Phi) is 8.11. The summed E-state index contributed by atoms with van der Waals surface area (Å²) in [5.74, 6) is 0. The van der Waals surface area contributed by atoms with Gasteiger partial charge in [0.15, 0.2) is 0 Å². The van der Waals surface area contributed by atoms with Crippen LogP contribution in [0, 0.1) is 0 Å². The van der Waals surface area contributed by atoms with Gasteiger partial charge >= 0.3 is 0 Å². The standard InChI is InChI=1S/C59H39NO/c1-4-15-40(16-5-1)41-27-32-46(33-28-41)60(47-34-29-43(30-35-47)49-24-14-26-56-57(49)53-37-31-42-17-10-11-22-50(42)58(53)61-56)48-36-38-52-51-23-12-13-25-54(51)59(55(52)39-48,44-18-6-2-7-19-44)45-20-8-3-9-21-45/h1-39H. The first-order chi connectivity index (χ1) is 30.3. The molecule has 0 N–H and O–H groups in total. The van der Waals surface area contributed by atoms with Crippen LogP contribution in [0.15, 0.2) is 241 Å². The predicted molar refractivity (Wildman–Crippen MR) is 254 cm³/mol. The van der Waals surface area contributed by atoms with Gasteiger partial charge in [-0.1, -0.05) is 188 Å². The molecule has 1 aromatic heterocycles. The fourth-order valence-electron chi connectivity index (χ4n) is 10.0. The number of anilines is 3. The molecule has 0 spiro atoms. The van der Waals surface area contributed by atoms with Crippen LogP contribution in [-0.4, -0.2) is 0 Å². The summed E-state index contributed by atoms with van der Waals surface area (Å²) >= 11 is 0. The molecule has 0 amide bonds. The Bertz CT molecular complexity index is 3350. The SMILES string of the molecule is c1ccc(-c2ccc(N(c3ccc(-c4cccc5oc6c7ccccc7ccc6c45)cc3)c3ccc4c(c3)C(c3ccccc3)(c3ccccc3)c3ccccc3-4)cc2)cc1. The van der Waals surface area contributed by atoms with Crippen LogP contribution in [0.3, 0.4) is 0 Å². The minimum atomic E-state index is -0.505. The lowest BCUT2D eigenvalue weighted by atomic mass is 9.67. The van der Waals surface area contributed by atoms with E-state index in [2.05, 4.69) is 241 Å². The van der Waals surface area contributed by atoms with Crippen molar-refractivity contribution in [3.8, 4) is 33.4 Å². The summed E-state index contributed by atoms with van der Waals surface area (Å²) in [6, 6.07) is 86.0. The van der Waals surface area contributed by atoms with E-state index in [9.17, 15) is 0 Å². The number of fused-ring (bicyclic) bond motifs is 8. The van der Waals surface area contributed by atoms with E-state index in [1.807, 2.05) is 0 Å². The summed E-state index contributed by atoms with van der Waals surface area (Å²) in [5, 5.41) is 4.58. The fraction of sp³-hybridized carbons (Fsp3) is 0.0169. The molecule has 0 bridgehead atoms. The zero-order chi connectivity index (χ0) is 40.3. The van der Waals surface area contributed by atoms with E-state index in [0.717, 1.165) is 55.5 Å². The minimum absolute atomic E-state index is 0.505. The topological polar surface area (TPSA) is 16.4 Å². The Morgan fingerprint density at radius 1 is 0.344 bits per heavy atom. The Balaban J connectivity index is 1.04. The minimum Gasteiger partial charge on any atom is -0.455 e. The van der Waals surface area contributed by atoms with Gasteiger partial charge in [-0.15, -0.1) is 0 Å². The van der Waals surface area contributed by atoms with E-state index in [4.69, 9.17) is 4.42 Å². The molecule has 0 fully saturated rings. The largest absolute Gasteiger partial charge is 0.455 e. The van der Waals surface area contributed by atoms with Gasteiger partial charge in [0.2, 0.25) is 0 Å². The molecule has 0 saturated heterocycles. The summed E-state index contributed by atoms with van der Waals surface area (Å²) in [7, 11) is 0.